The molecule has 0 bridgehead atoms. The molecule has 1 atom stereocenters. The maximum atomic E-state index is 10.8. The molecule has 21 heavy (non-hydrogen) atoms. The van der Waals surface area contributed by atoms with Crippen LogP contribution in [0.4, 0.5) is 0 Å². The molecule has 112 valence electrons. The van der Waals surface area contributed by atoms with Crippen LogP contribution in [-0.2, 0) is 16.1 Å². The van der Waals surface area contributed by atoms with Crippen LogP contribution < -0.4 is 0 Å². The van der Waals surface area contributed by atoms with E-state index in [4.69, 9.17) is 21.4 Å². The maximum Gasteiger partial charge on any atom is 0.306 e. The summed E-state index contributed by atoms with van der Waals surface area (Å²) in [6.07, 6.45) is 3.56. The SMILES string of the molecule is O=C(O)CC1CN(Cc2cn3cc(Cl)ccc3n2)CCO1. The van der Waals surface area contributed by atoms with Crippen LogP contribution in [0.3, 0.4) is 0 Å². The minimum atomic E-state index is -0.829. The number of rotatable bonds is 4. The first-order chi connectivity index (χ1) is 10.1. The average Bonchev–Trinajstić information content (AvgIpc) is 2.79. The molecule has 1 fully saturated rings. The highest BCUT2D eigenvalue weighted by Crippen LogP contribution is 2.15. The number of pyridine rings is 1. The quantitative estimate of drug-likeness (QED) is 0.930. The number of halogens is 1. The number of aliphatic carboxylic acids is 1. The molecule has 1 aliphatic rings. The second-order valence-corrected chi connectivity index (χ2v) is 5.61. The van der Waals surface area contributed by atoms with E-state index in [0.29, 0.717) is 24.7 Å². The number of nitrogens with zero attached hydrogens (tertiary/aromatic N) is 3. The molecule has 3 rings (SSSR count). The lowest BCUT2D eigenvalue weighted by molar-refractivity contribution is -0.142. The van der Waals surface area contributed by atoms with Crippen molar-refractivity contribution in [2.75, 3.05) is 19.7 Å². The van der Waals surface area contributed by atoms with Gasteiger partial charge < -0.3 is 14.2 Å². The van der Waals surface area contributed by atoms with Crippen molar-refractivity contribution in [3.8, 4) is 0 Å². The van der Waals surface area contributed by atoms with Crippen LogP contribution in [0.1, 0.15) is 12.1 Å². The molecular formula is C14H16ClN3O3. The number of carbonyl (C=O) groups is 1. The summed E-state index contributed by atoms with van der Waals surface area (Å²) in [7, 11) is 0. The van der Waals surface area contributed by atoms with E-state index in [1.807, 2.05) is 28.9 Å². The smallest absolute Gasteiger partial charge is 0.306 e. The molecule has 2 aromatic heterocycles. The lowest BCUT2D eigenvalue weighted by atomic mass is 10.2. The Labute approximate surface area is 126 Å². The number of carboxylic acids is 1. The summed E-state index contributed by atoms with van der Waals surface area (Å²) < 4.78 is 7.36. The van der Waals surface area contributed by atoms with Crippen molar-refractivity contribution in [3.05, 3.63) is 35.2 Å². The van der Waals surface area contributed by atoms with Gasteiger partial charge in [-0.25, -0.2) is 4.98 Å². The number of morpholine rings is 1. The molecule has 2 aromatic rings. The largest absolute Gasteiger partial charge is 0.481 e. The normalized spacial score (nSPS) is 20.0. The van der Waals surface area contributed by atoms with Crippen molar-refractivity contribution >= 4 is 23.2 Å². The van der Waals surface area contributed by atoms with Gasteiger partial charge in [0.2, 0.25) is 0 Å². The van der Waals surface area contributed by atoms with Gasteiger partial charge in [0.05, 0.1) is 29.8 Å². The second kappa shape index (κ2) is 6.01. The molecule has 0 aliphatic carbocycles. The van der Waals surface area contributed by atoms with E-state index in [9.17, 15) is 4.79 Å². The predicted molar refractivity (Wildman–Crippen MR) is 77.5 cm³/mol. The van der Waals surface area contributed by atoms with Crippen LogP contribution in [0.15, 0.2) is 24.5 Å². The highest BCUT2D eigenvalue weighted by Gasteiger charge is 2.23. The number of imidazole rings is 1. The standard InChI is InChI=1S/C14H16ClN3O3/c15-10-1-2-13-16-11(8-18(13)6-10)7-17-3-4-21-12(9-17)5-14(19)20/h1-2,6,8,12H,3-5,7,9H2,(H,19,20). The zero-order valence-electron chi connectivity index (χ0n) is 11.4. The van der Waals surface area contributed by atoms with Gasteiger partial charge in [0.15, 0.2) is 0 Å². The van der Waals surface area contributed by atoms with E-state index < -0.39 is 5.97 Å². The van der Waals surface area contributed by atoms with Crippen molar-refractivity contribution in [1.82, 2.24) is 14.3 Å². The molecule has 1 N–H and O–H groups in total. The monoisotopic (exact) mass is 309 g/mol. The van der Waals surface area contributed by atoms with E-state index in [1.165, 1.54) is 0 Å². The molecule has 6 nitrogen and oxygen atoms in total. The first-order valence-corrected chi connectivity index (χ1v) is 7.17. The summed E-state index contributed by atoms with van der Waals surface area (Å²) in [6, 6.07) is 3.68. The average molecular weight is 310 g/mol. The minimum absolute atomic E-state index is 0.0390. The summed E-state index contributed by atoms with van der Waals surface area (Å²) in [5, 5.41) is 9.50. The number of ether oxygens (including phenoxy) is 1. The predicted octanol–water partition coefficient (Wildman–Crippen LogP) is 1.66. The Morgan fingerprint density at radius 1 is 1.48 bits per heavy atom. The fourth-order valence-electron chi connectivity index (χ4n) is 2.56. The summed E-state index contributed by atoms with van der Waals surface area (Å²) >= 11 is 5.96. The van der Waals surface area contributed by atoms with Crippen LogP contribution >= 0.6 is 11.6 Å². The van der Waals surface area contributed by atoms with Crippen molar-refractivity contribution in [1.29, 1.82) is 0 Å². The van der Waals surface area contributed by atoms with Gasteiger partial charge in [-0.05, 0) is 12.1 Å². The van der Waals surface area contributed by atoms with Crippen LogP contribution in [0.5, 0.6) is 0 Å². The Bertz CT molecular complexity index is 658. The first-order valence-electron chi connectivity index (χ1n) is 6.79. The molecule has 0 aromatic carbocycles. The second-order valence-electron chi connectivity index (χ2n) is 5.17. The summed E-state index contributed by atoms with van der Waals surface area (Å²) in [5.41, 5.74) is 1.79. The van der Waals surface area contributed by atoms with Gasteiger partial charge in [-0.3, -0.25) is 9.69 Å². The fourth-order valence-corrected chi connectivity index (χ4v) is 2.73. The van der Waals surface area contributed by atoms with Gasteiger partial charge in [0.1, 0.15) is 5.65 Å². The Balaban J connectivity index is 1.68. The third kappa shape index (κ3) is 3.53. The summed E-state index contributed by atoms with van der Waals surface area (Å²) in [4.78, 5) is 17.5. The van der Waals surface area contributed by atoms with Gasteiger partial charge in [0, 0.05) is 32.0 Å². The maximum absolute atomic E-state index is 10.8. The van der Waals surface area contributed by atoms with Crippen LogP contribution in [0.2, 0.25) is 5.02 Å². The zero-order chi connectivity index (χ0) is 14.8. The Morgan fingerprint density at radius 3 is 3.14 bits per heavy atom. The summed E-state index contributed by atoms with van der Waals surface area (Å²) in [6.45, 7) is 2.63. The number of fused-ring (bicyclic) bond motifs is 1. The molecule has 0 radical (unpaired) electrons. The topological polar surface area (TPSA) is 67.1 Å². The van der Waals surface area contributed by atoms with Crippen molar-refractivity contribution in [2.45, 2.75) is 19.1 Å². The highest BCUT2D eigenvalue weighted by molar-refractivity contribution is 6.30. The molecule has 1 saturated heterocycles. The van der Waals surface area contributed by atoms with E-state index in [-0.39, 0.29) is 12.5 Å². The number of aromatic nitrogens is 2. The lowest BCUT2D eigenvalue weighted by Gasteiger charge is -2.31. The van der Waals surface area contributed by atoms with E-state index >= 15 is 0 Å². The van der Waals surface area contributed by atoms with Crippen LogP contribution in [-0.4, -0.2) is 51.2 Å². The van der Waals surface area contributed by atoms with Gasteiger partial charge in [-0.1, -0.05) is 11.6 Å². The van der Waals surface area contributed by atoms with Crippen molar-refractivity contribution in [3.63, 3.8) is 0 Å². The third-order valence-electron chi connectivity index (χ3n) is 3.48. The molecule has 1 unspecified atom stereocenters. The third-order valence-corrected chi connectivity index (χ3v) is 3.70. The number of hydrogen-bond acceptors (Lipinski definition) is 4. The molecule has 0 saturated carbocycles. The molecule has 0 amide bonds. The van der Waals surface area contributed by atoms with Crippen molar-refractivity contribution in [2.24, 2.45) is 0 Å². The Kier molecular flexibility index (Phi) is 4.10. The Hall–Kier alpha value is -1.63. The summed E-state index contributed by atoms with van der Waals surface area (Å²) in [5.74, 6) is -0.829. The molecule has 0 spiro atoms. The zero-order valence-corrected chi connectivity index (χ0v) is 12.2. The van der Waals surface area contributed by atoms with E-state index in [2.05, 4.69) is 9.88 Å². The van der Waals surface area contributed by atoms with Crippen molar-refractivity contribution < 1.29 is 14.6 Å². The lowest BCUT2D eigenvalue weighted by Crippen LogP contribution is -2.42. The molecule has 1 aliphatic heterocycles. The number of hydrogen-bond donors (Lipinski definition) is 1. The molecular weight excluding hydrogens is 294 g/mol. The number of carboxylic acid groups (broad SMARTS) is 1. The van der Waals surface area contributed by atoms with E-state index in [1.54, 1.807) is 0 Å². The van der Waals surface area contributed by atoms with E-state index in [0.717, 1.165) is 17.9 Å². The van der Waals surface area contributed by atoms with Crippen LogP contribution in [0, 0.1) is 0 Å². The Morgan fingerprint density at radius 2 is 2.33 bits per heavy atom. The minimum Gasteiger partial charge on any atom is -0.481 e. The van der Waals surface area contributed by atoms with Gasteiger partial charge >= 0.3 is 5.97 Å². The van der Waals surface area contributed by atoms with Crippen LogP contribution in [0.25, 0.3) is 5.65 Å². The fraction of sp³-hybridized carbons (Fsp3) is 0.429. The van der Waals surface area contributed by atoms with Gasteiger partial charge in [-0.15, -0.1) is 0 Å². The highest BCUT2D eigenvalue weighted by atomic mass is 35.5. The molecule has 3 heterocycles. The first kappa shape index (κ1) is 14.3. The molecule has 7 heteroatoms. The van der Waals surface area contributed by atoms with Gasteiger partial charge in [-0.2, -0.15) is 0 Å². The van der Waals surface area contributed by atoms with Gasteiger partial charge in [0.25, 0.3) is 0 Å².